The Morgan fingerprint density at radius 2 is 2.00 bits per heavy atom. The van der Waals surface area contributed by atoms with Crippen LogP contribution in [0.4, 0.5) is 18.0 Å². The van der Waals surface area contributed by atoms with Gasteiger partial charge < -0.3 is 10.1 Å². The number of alkyl carbamates (subject to hydrolysis) is 1. The van der Waals surface area contributed by atoms with E-state index in [9.17, 15) is 18.0 Å². The topological polar surface area (TPSA) is 69.0 Å². The van der Waals surface area contributed by atoms with Gasteiger partial charge in [0, 0.05) is 23.9 Å². The van der Waals surface area contributed by atoms with Gasteiger partial charge in [-0.25, -0.2) is 4.79 Å². The molecule has 0 radical (unpaired) electrons. The van der Waals surface area contributed by atoms with E-state index >= 15 is 0 Å². The number of amides is 1. The maximum Gasteiger partial charge on any atom is 0.422 e. The standard InChI is InChI=1S/C18H20ClF3N4O2S/c19-14-8-4-3-7-13(14)15-24-25-16(26(15)12-5-1-2-6-12)29-10-9-23-17(27)28-11-18(20,21)22/h3-4,7-8,12H,1-2,5-6,9-11H2,(H,23,27). The molecule has 1 aliphatic carbocycles. The Morgan fingerprint density at radius 3 is 2.69 bits per heavy atom. The highest BCUT2D eigenvalue weighted by molar-refractivity contribution is 7.99. The lowest BCUT2D eigenvalue weighted by Crippen LogP contribution is -2.30. The zero-order valence-corrected chi connectivity index (χ0v) is 17.0. The van der Waals surface area contributed by atoms with Crippen molar-refractivity contribution in [3.05, 3.63) is 29.3 Å². The van der Waals surface area contributed by atoms with Gasteiger partial charge in [-0.05, 0) is 25.0 Å². The van der Waals surface area contributed by atoms with Gasteiger partial charge in [-0.15, -0.1) is 10.2 Å². The van der Waals surface area contributed by atoms with E-state index in [0.29, 0.717) is 21.8 Å². The lowest BCUT2D eigenvalue weighted by Gasteiger charge is -2.17. The Labute approximate surface area is 175 Å². The molecule has 0 unspecified atom stereocenters. The molecular weight excluding hydrogens is 429 g/mol. The van der Waals surface area contributed by atoms with Crippen molar-refractivity contribution in [2.75, 3.05) is 18.9 Å². The van der Waals surface area contributed by atoms with Crippen molar-refractivity contribution < 1.29 is 22.7 Å². The minimum Gasteiger partial charge on any atom is -0.440 e. The third-order valence-electron chi connectivity index (χ3n) is 4.44. The zero-order valence-electron chi connectivity index (χ0n) is 15.4. The molecule has 11 heteroatoms. The van der Waals surface area contributed by atoms with Crippen molar-refractivity contribution in [2.45, 2.75) is 43.1 Å². The molecule has 1 heterocycles. The first-order valence-corrected chi connectivity index (χ1v) is 10.5. The van der Waals surface area contributed by atoms with Gasteiger partial charge in [-0.2, -0.15) is 13.2 Å². The monoisotopic (exact) mass is 448 g/mol. The fraction of sp³-hybridized carbons (Fsp3) is 0.500. The number of alkyl halides is 3. The molecule has 0 spiro atoms. The van der Waals surface area contributed by atoms with Crippen LogP contribution in [0.1, 0.15) is 31.7 Å². The van der Waals surface area contributed by atoms with Crippen LogP contribution in [0, 0.1) is 0 Å². The molecular formula is C18H20ClF3N4O2S. The Morgan fingerprint density at radius 1 is 1.28 bits per heavy atom. The smallest absolute Gasteiger partial charge is 0.422 e. The van der Waals surface area contributed by atoms with Gasteiger partial charge in [-0.3, -0.25) is 4.57 Å². The number of carbonyl (C=O) groups is 1. The molecule has 0 aliphatic heterocycles. The van der Waals surface area contributed by atoms with E-state index in [4.69, 9.17) is 11.6 Å². The number of hydrogen-bond acceptors (Lipinski definition) is 5. The molecule has 2 aromatic rings. The summed E-state index contributed by atoms with van der Waals surface area (Å²) >= 11 is 7.72. The van der Waals surface area contributed by atoms with Crippen LogP contribution in [0.2, 0.25) is 5.02 Å². The quantitative estimate of drug-likeness (QED) is 0.471. The van der Waals surface area contributed by atoms with Crippen molar-refractivity contribution in [3.8, 4) is 11.4 Å². The van der Waals surface area contributed by atoms with Crippen LogP contribution in [-0.4, -0.2) is 45.9 Å². The van der Waals surface area contributed by atoms with E-state index in [0.717, 1.165) is 31.2 Å². The third-order valence-corrected chi connectivity index (χ3v) is 5.71. The minimum absolute atomic E-state index is 0.139. The second-order valence-corrected chi connectivity index (χ2v) is 8.03. The molecule has 0 atom stereocenters. The summed E-state index contributed by atoms with van der Waals surface area (Å²) in [5, 5.41) is 12.2. The minimum atomic E-state index is -4.54. The first kappa shape index (κ1) is 21.8. The largest absolute Gasteiger partial charge is 0.440 e. The number of ether oxygens (including phenoxy) is 1. The van der Waals surface area contributed by atoms with Gasteiger partial charge in [0.25, 0.3) is 0 Å². The molecule has 1 aromatic carbocycles. The average Bonchev–Trinajstić information content (AvgIpc) is 3.33. The second kappa shape index (κ2) is 9.71. The molecule has 1 amide bonds. The molecule has 3 rings (SSSR count). The van der Waals surface area contributed by atoms with Crippen molar-refractivity contribution in [1.29, 1.82) is 0 Å². The maximum atomic E-state index is 12.1. The fourth-order valence-corrected chi connectivity index (χ4v) is 4.27. The number of rotatable bonds is 7. The van der Waals surface area contributed by atoms with Gasteiger partial charge in [0.15, 0.2) is 17.6 Å². The molecule has 1 fully saturated rings. The molecule has 0 saturated heterocycles. The fourth-order valence-electron chi connectivity index (χ4n) is 3.19. The van der Waals surface area contributed by atoms with E-state index in [1.165, 1.54) is 11.8 Å². The predicted octanol–water partition coefficient (Wildman–Crippen LogP) is 5.09. The van der Waals surface area contributed by atoms with Crippen molar-refractivity contribution in [3.63, 3.8) is 0 Å². The first-order chi connectivity index (χ1) is 13.8. The van der Waals surface area contributed by atoms with Crippen LogP contribution in [0.15, 0.2) is 29.4 Å². The first-order valence-electron chi connectivity index (χ1n) is 9.15. The van der Waals surface area contributed by atoms with Crippen LogP contribution in [0.5, 0.6) is 0 Å². The zero-order chi connectivity index (χ0) is 20.9. The highest BCUT2D eigenvalue weighted by Crippen LogP contribution is 2.38. The van der Waals surface area contributed by atoms with Gasteiger partial charge in [0.05, 0.1) is 5.02 Å². The summed E-state index contributed by atoms with van der Waals surface area (Å²) in [7, 11) is 0. The predicted molar refractivity (Wildman–Crippen MR) is 104 cm³/mol. The summed E-state index contributed by atoms with van der Waals surface area (Å²) in [5.74, 6) is 1.11. The molecule has 1 aliphatic rings. The van der Waals surface area contributed by atoms with Gasteiger partial charge >= 0.3 is 12.3 Å². The number of carbonyl (C=O) groups excluding carboxylic acids is 1. The summed E-state index contributed by atoms with van der Waals surface area (Å²) in [6, 6.07) is 7.70. The summed E-state index contributed by atoms with van der Waals surface area (Å²) < 4.78 is 42.3. The summed E-state index contributed by atoms with van der Waals surface area (Å²) in [5.41, 5.74) is 0.800. The number of hydrogen-bond donors (Lipinski definition) is 1. The van der Waals surface area contributed by atoms with Crippen LogP contribution < -0.4 is 5.32 Å². The molecule has 1 N–H and O–H groups in total. The van der Waals surface area contributed by atoms with Crippen molar-refractivity contribution >= 4 is 29.5 Å². The molecule has 1 saturated carbocycles. The highest BCUT2D eigenvalue weighted by atomic mass is 35.5. The Kier molecular flexibility index (Phi) is 7.28. The van der Waals surface area contributed by atoms with Crippen LogP contribution >= 0.6 is 23.4 Å². The van der Waals surface area contributed by atoms with E-state index in [1.54, 1.807) is 6.07 Å². The second-order valence-electron chi connectivity index (χ2n) is 6.56. The van der Waals surface area contributed by atoms with Crippen molar-refractivity contribution in [1.82, 2.24) is 20.1 Å². The molecule has 1 aromatic heterocycles. The van der Waals surface area contributed by atoms with Gasteiger partial charge in [-0.1, -0.05) is 48.3 Å². The third kappa shape index (κ3) is 6.02. The van der Waals surface area contributed by atoms with Crippen LogP contribution in [0.25, 0.3) is 11.4 Å². The number of nitrogens with zero attached hydrogens (tertiary/aromatic N) is 3. The molecule has 0 bridgehead atoms. The Balaban J connectivity index is 1.64. The summed E-state index contributed by atoms with van der Waals surface area (Å²) in [4.78, 5) is 11.3. The lowest BCUT2D eigenvalue weighted by molar-refractivity contribution is -0.160. The van der Waals surface area contributed by atoms with Gasteiger partial charge in [0.1, 0.15) is 0 Å². The molecule has 29 heavy (non-hydrogen) atoms. The Bertz CT molecular complexity index is 841. The van der Waals surface area contributed by atoms with Crippen LogP contribution in [-0.2, 0) is 4.74 Å². The molecule has 158 valence electrons. The number of nitrogens with one attached hydrogen (secondary N) is 1. The van der Waals surface area contributed by atoms with E-state index in [1.807, 2.05) is 18.2 Å². The van der Waals surface area contributed by atoms with Crippen molar-refractivity contribution in [2.24, 2.45) is 0 Å². The number of benzene rings is 1. The van der Waals surface area contributed by atoms with E-state index in [-0.39, 0.29) is 12.6 Å². The van der Waals surface area contributed by atoms with Crippen LogP contribution in [0.3, 0.4) is 0 Å². The number of halogens is 4. The average molecular weight is 449 g/mol. The normalized spacial score (nSPS) is 14.9. The summed E-state index contributed by atoms with van der Waals surface area (Å²) in [6.07, 6.45) is -1.35. The Hall–Kier alpha value is -1.94. The number of thioether (sulfide) groups is 1. The molecule has 6 nitrogen and oxygen atoms in total. The van der Waals surface area contributed by atoms with Gasteiger partial charge in [0.2, 0.25) is 0 Å². The number of aromatic nitrogens is 3. The summed E-state index contributed by atoms with van der Waals surface area (Å²) in [6.45, 7) is -1.47. The lowest BCUT2D eigenvalue weighted by atomic mass is 10.2. The van der Waals surface area contributed by atoms with E-state index in [2.05, 4.69) is 24.8 Å². The highest BCUT2D eigenvalue weighted by Gasteiger charge is 2.29. The van der Waals surface area contributed by atoms with E-state index < -0.39 is 18.9 Å². The maximum absolute atomic E-state index is 12.1. The SMILES string of the molecule is O=C(NCCSc1nnc(-c2ccccc2Cl)n1C1CCCC1)OCC(F)(F)F.